The van der Waals surface area contributed by atoms with E-state index < -0.39 is 10.1 Å². The van der Waals surface area contributed by atoms with Crippen molar-refractivity contribution in [3.63, 3.8) is 0 Å². The summed E-state index contributed by atoms with van der Waals surface area (Å²) in [6.07, 6.45) is 3.46. The number of hydrogen-bond acceptors (Lipinski definition) is 5. The maximum atomic E-state index is 12.7. The van der Waals surface area contributed by atoms with Gasteiger partial charge in [-0.25, -0.2) is 0 Å². The molecule has 1 heterocycles. The van der Waals surface area contributed by atoms with Crippen molar-refractivity contribution in [3.05, 3.63) is 58.7 Å². The Balaban J connectivity index is 1.90. The van der Waals surface area contributed by atoms with E-state index >= 15 is 0 Å². The molecular weight excluding hydrogens is 409 g/mol. The molecule has 3 aromatic rings. The van der Waals surface area contributed by atoms with Gasteiger partial charge in [-0.15, -0.1) is 0 Å². The van der Waals surface area contributed by atoms with E-state index in [-0.39, 0.29) is 21.2 Å². The zero-order chi connectivity index (χ0) is 19.4. The second kappa shape index (κ2) is 8.33. The third-order valence-electron chi connectivity index (χ3n) is 3.82. The Labute approximate surface area is 168 Å². The first kappa shape index (κ1) is 19.7. The summed E-state index contributed by atoms with van der Waals surface area (Å²) in [4.78, 5) is 4.14. The van der Waals surface area contributed by atoms with Crippen LogP contribution in [0.4, 0.5) is 0 Å². The van der Waals surface area contributed by atoms with Gasteiger partial charge in [0.1, 0.15) is 16.2 Å². The normalized spacial score (nSPS) is 11.5. The van der Waals surface area contributed by atoms with Gasteiger partial charge in [0.25, 0.3) is 0 Å². The minimum absolute atomic E-state index is 0.0135. The predicted molar refractivity (Wildman–Crippen MR) is 106 cm³/mol. The SMILES string of the molecule is CCCCOc1ccc(S(=O)(=O)Oc2c(Cl)cc(Cl)c3cccnc23)cc1. The smallest absolute Gasteiger partial charge is 0.339 e. The van der Waals surface area contributed by atoms with Crippen LogP contribution in [0.15, 0.2) is 53.6 Å². The van der Waals surface area contributed by atoms with Gasteiger partial charge >= 0.3 is 10.1 Å². The van der Waals surface area contributed by atoms with Crippen LogP contribution in [0.1, 0.15) is 19.8 Å². The first-order chi connectivity index (χ1) is 12.9. The molecule has 0 atom stereocenters. The molecular formula is C19H17Cl2NO4S. The fraction of sp³-hybridized carbons (Fsp3) is 0.211. The molecule has 0 N–H and O–H groups in total. The molecule has 0 spiro atoms. The standard InChI is InChI=1S/C19H17Cl2NO4S/c1-2-3-11-25-13-6-8-14(9-7-13)27(23,24)26-19-17(21)12-16(20)15-5-4-10-22-18(15)19/h4-10,12H,2-3,11H2,1H3. The first-order valence-electron chi connectivity index (χ1n) is 8.32. The van der Waals surface area contributed by atoms with Gasteiger partial charge in [0.15, 0.2) is 5.75 Å². The van der Waals surface area contributed by atoms with Crippen molar-refractivity contribution in [3.8, 4) is 11.5 Å². The van der Waals surface area contributed by atoms with Crippen molar-refractivity contribution in [2.24, 2.45) is 0 Å². The molecule has 0 bridgehead atoms. The van der Waals surface area contributed by atoms with Crippen LogP contribution < -0.4 is 8.92 Å². The lowest BCUT2D eigenvalue weighted by atomic mass is 10.2. The monoisotopic (exact) mass is 425 g/mol. The van der Waals surface area contributed by atoms with E-state index in [1.165, 1.54) is 24.4 Å². The fourth-order valence-corrected chi connectivity index (χ4v) is 3.97. The summed E-state index contributed by atoms with van der Waals surface area (Å²) >= 11 is 12.3. The Morgan fingerprint density at radius 2 is 1.81 bits per heavy atom. The van der Waals surface area contributed by atoms with Crippen molar-refractivity contribution in [1.82, 2.24) is 4.98 Å². The van der Waals surface area contributed by atoms with Gasteiger partial charge in [0.2, 0.25) is 0 Å². The van der Waals surface area contributed by atoms with Gasteiger partial charge in [-0.1, -0.05) is 36.5 Å². The largest absolute Gasteiger partial charge is 0.494 e. The molecule has 1 aromatic heterocycles. The summed E-state index contributed by atoms with van der Waals surface area (Å²) in [6, 6.07) is 10.9. The average molecular weight is 426 g/mol. The summed E-state index contributed by atoms with van der Waals surface area (Å²) in [5.74, 6) is 0.541. The lowest BCUT2D eigenvalue weighted by Gasteiger charge is -2.12. The summed E-state index contributed by atoms with van der Waals surface area (Å²) in [6.45, 7) is 2.65. The molecule has 0 unspecified atom stereocenters. The first-order valence-corrected chi connectivity index (χ1v) is 10.5. The van der Waals surface area contributed by atoms with E-state index in [4.69, 9.17) is 32.1 Å². The number of aromatic nitrogens is 1. The summed E-state index contributed by atoms with van der Waals surface area (Å²) in [5, 5.41) is 0.976. The molecule has 0 radical (unpaired) electrons. The highest BCUT2D eigenvalue weighted by atomic mass is 35.5. The number of pyridine rings is 1. The van der Waals surface area contributed by atoms with Gasteiger partial charge in [-0.05, 0) is 48.9 Å². The molecule has 5 nitrogen and oxygen atoms in total. The fourth-order valence-electron chi connectivity index (χ4n) is 2.42. The van der Waals surface area contributed by atoms with Crippen molar-refractivity contribution < 1.29 is 17.3 Å². The van der Waals surface area contributed by atoms with E-state index in [0.29, 0.717) is 22.8 Å². The number of benzene rings is 2. The lowest BCUT2D eigenvalue weighted by molar-refractivity contribution is 0.309. The minimum Gasteiger partial charge on any atom is -0.494 e. The Hall–Kier alpha value is -2.02. The molecule has 2 aromatic carbocycles. The molecule has 0 fully saturated rings. The third kappa shape index (κ3) is 4.46. The van der Waals surface area contributed by atoms with Crippen molar-refractivity contribution >= 4 is 44.2 Å². The van der Waals surface area contributed by atoms with Crippen LogP contribution in [-0.2, 0) is 10.1 Å². The average Bonchev–Trinajstić information content (AvgIpc) is 2.66. The summed E-state index contributed by atoms with van der Waals surface area (Å²) < 4.78 is 36.2. The molecule has 0 saturated carbocycles. The highest BCUT2D eigenvalue weighted by Crippen LogP contribution is 2.38. The van der Waals surface area contributed by atoms with Gasteiger partial charge in [0, 0.05) is 11.6 Å². The molecule has 3 rings (SSSR count). The molecule has 0 aliphatic heterocycles. The van der Waals surface area contributed by atoms with E-state index in [9.17, 15) is 8.42 Å². The van der Waals surface area contributed by atoms with Crippen LogP contribution in [0.25, 0.3) is 10.9 Å². The molecule has 0 saturated heterocycles. The third-order valence-corrected chi connectivity index (χ3v) is 5.65. The topological polar surface area (TPSA) is 65.5 Å². The van der Waals surface area contributed by atoms with Crippen LogP contribution in [0.3, 0.4) is 0 Å². The summed E-state index contributed by atoms with van der Waals surface area (Å²) in [5.41, 5.74) is 0.276. The number of hydrogen-bond donors (Lipinski definition) is 0. The number of unbranched alkanes of at least 4 members (excludes halogenated alkanes) is 1. The number of nitrogens with zero attached hydrogens (tertiary/aromatic N) is 1. The van der Waals surface area contributed by atoms with Crippen molar-refractivity contribution in [2.45, 2.75) is 24.7 Å². The Morgan fingerprint density at radius 1 is 1.07 bits per heavy atom. The van der Waals surface area contributed by atoms with Gasteiger partial charge < -0.3 is 8.92 Å². The quantitative estimate of drug-likeness (QED) is 0.369. The maximum absolute atomic E-state index is 12.7. The van der Waals surface area contributed by atoms with E-state index in [2.05, 4.69) is 11.9 Å². The predicted octanol–water partition coefficient (Wildman–Crippen LogP) is 5.49. The molecule has 27 heavy (non-hydrogen) atoms. The number of ether oxygens (including phenoxy) is 1. The molecule has 0 aliphatic rings. The maximum Gasteiger partial charge on any atom is 0.339 e. The highest BCUT2D eigenvalue weighted by molar-refractivity contribution is 7.87. The molecule has 0 amide bonds. The summed E-state index contributed by atoms with van der Waals surface area (Å²) in [7, 11) is -4.11. The Kier molecular flexibility index (Phi) is 6.09. The van der Waals surface area contributed by atoms with Crippen molar-refractivity contribution in [1.29, 1.82) is 0 Å². The van der Waals surface area contributed by atoms with Gasteiger partial charge in [0.05, 0.1) is 16.7 Å². The van der Waals surface area contributed by atoms with Crippen molar-refractivity contribution in [2.75, 3.05) is 6.61 Å². The molecule has 8 heteroatoms. The Bertz CT molecular complexity index is 1050. The van der Waals surface area contributed by atoms with Crippen LogP contribution in [-0.4, -0.2) is 20.0 Å². The number of halogens is 2. The number of fused-ring (bicyclic) bond motifs is 1. The zero-order valence-electron chi connectivity index (χ0n) is 14.5. The number of rotatable bonds is 7. The van der Waals surface area contributed by atoms with Crippen LogP contribution in [0.2, 0.25) is 10.0 Å². The van der Waals surface area contributed by atoms with E-state index in [1.807, 2.05) is 0 Å². The molecule has 0 aliphatic carbocycles. The van der Waals surface area contributed by atoms with E-state index in [0.717, 1.165) is 12.8 Å². The second-order valence-corrected chi connectivity index (χ2v) is 8.14. The van der Waals surface area contributed by atoms with Gasteiger partial charge in [-0.3, -0.25) is 4.98 Å². The van der Waals surface area contributed by atoms with Crippen LogP contribution in [0, 0.1) is 0 Å². The lowest BCUT2D eigenvalue weighted by Crippen LogP contribution is -2.10. The van der Waals surface area contributed by atoms with Crippen LogP contribution >= 0.6 is 23.2 Å². The van der Waals surface area contributed by atoms with E-state index in [1.54, 1.807) is 24.3 Å². The minimum atomic E-state index is -4.11. The zero-order valence-corrected chi connectivity index (χ0v) is 16.8. The second-order valence-electron chi connectivity index (χ2n) is 5.78. The highest BCUT2D eigenvalue weighted by Gasteiger charge is 2.22. The van der Waals surface area contributed by atoms with Gasteiger partial charge in [-0.2, -0.15) is 8.42 Å². The molecule has 142 valence electrons. The van der Waals surface area contributed by atoms with Crippen LogP contribution in [0.5, 0.6) is 11.5 Å². The Morgan fingerprint density at radius 3 is 2.52 bits per heavy atom.